The molecule has 0 saturated carbocycles. The van der Waals surface area contributed by atoms with Crippen LogP contribution in [0.1, 0.15) is 32.3 Å². The van der Waals surface area contributed by atoms with Gasteiger partial charge in [0, 0.05) is 35.3 Å². The van der Waals surface area contributed by atoms with Crippen LogP contribution in [0.5, 0.6) is 0 Å². The average Bonchev–Trinajstić information content (AvgIpc) is 2.41. The monoisotopic (exact) mass is 310 g/mol. The lowest BCUT2D eigenvalue weighted by atomic mass is 9.90. The van der Waals surface area contributed by atoms with Gasteiger partial charge in [-0.25, -0.2) is 0 Å². The number of halogens is 1. The van der Waals surface area contributed by atoms with Gasteiger partial charge in [0.1, 0.15) is 0 Å². The number of aryl methyl sites for hydroxylation is 1. The Bertz CT molecular complexity index is 413. The molecule has 1 aliphatic rings. The van der Waals surface area contributed by atoms with Crippen molar-refractivity contribution in [1.82, 2.24) is 5.32 Å². The lowest BCUT2D eigenvalue weighted by Gasteiger charge is -2.44. The van der Waals surface area contributed by atoms with Crippen LogP contribution in [0.2, 0.25) is 0 Å². The van der Waals surface area contributed by atoms with Gasteiger partial charge in [0.2, 0.25) is 0 Å². The van der Waals surface area contributed by atoms with Gasteiger partial charge in [0.05, 0.1) is 0 Å². The zero-order chi connectivity index (χ0) is 13.2. The standard InChI is InChI=1S/C15H23BrN2/c1-4-15(5-2)11-18(9-8-17-15)14-10-13(16)7-6-12(14)3/h6-7,10,17H,4-5,8-9,11H2,1-3H3. The number of hydrogen-bond acceptors (Lipinski definition) is 2. The predicted molar refractivity (Wildman–Crippen MR) is 82.4 cm³/mol. The van der Waals surface area contributed by atoms with Gasteiger partial charge < -0.3 is 10.2 Å². The molecule has 3 heteroatoms. The number of piperazine rings is 1. The summed E-state index contributed by atoms with van der Waals surface area (Å²) < 4.78 is 1.17. The van der Waals surface area contributed by atoms with Crippen molar-refractivity contribution < 1.29 is 0 Å². The first-order chi connectivity index (χ1) is 8.60. The van der Waals surface area contributed by atoms with Crippen LogP contribution in [-0.4, -0.2) is 25.2 Å². The van der Waals surface area contributed by atoms with Crippen LogP contribution >= 0.6 is 15.9 Å². The molecule has 0 amide bonds. The molecule has 0 aliphatic carbocycles. The first kappa shape index (κ1) is 13.9. The Kier molecular flexibility index (Phi) is 4.33. The van der Waals surface area contributed by atoms with Crippen LogP contribution in [0.3, 0.4) is 0 Å². The lowest BCUT2D eigenvalue weighted by Crippen LogP contribution is -2.60. The summed E-state index contributed by atoms with van der Waals surface area (Å²) in [5, 5.41) is 3.71. The molecular formula is C15H23BrN2. The fourth-order valence-corrected chi connectivity index (χ4v) is 3.16. The predicted octanol–water partition coefficient (Wildman–Crippen LogP) is 3.73. The van der Waals surface area contributed by atoms with Gasteiger partial charge >= 0.3 is 0 Å². The Morgan fingerprint density at radius 3 is 2.72 bits per heavy atom. The minimum Gasteiger partial charge on any atom is -0.368 e. The third kappa shape index (κ3) is 2.72. The Morgan fingerprint density at radius 2 is 2.06 bits per heavy atom. The minimum atomic E-state index is 0.285. The van der Waals surface area contributed by atoms with Crippen molar-refractivity contribution in [2.75, 3.05) is 24.5 Å². The zero-order valence-electron chi connectivity index (χ0n) is 11.6. The quantitative estimate of drug-likeness (QED) is 0.915. The molecule has 1 saturated heterocycles. The van der Waals surface area contributed by atoms with Gasteiger partial charge in [-0.2, -0.15) is 0 Å². The van der Waals surface area contributed by atoms with Gasteiger partial charge in [-0.1, -0.05) is 35.8 Å². The molecule has 2 nitrogen and oxygen atoms in total. The van der Waals surface area contributed by atoms with Crippen molar-refractivity contribution in [1.29, 1.82) is 0 Å². The highest BCUT2D eigenvalue weighted by atomic mass is 79.9. The first-order valence-corrected chi connectivity index (χ1v) is 7.65. The van der Waals surface area contributed by atoms with Gasteiger partial charge in [0.15, 0.2) is 0 Å². The fraction of sp³-hybridized carbons (Fsp3) is 0.600. The third-order valence-corrected chi connectivity index (χ3v) is 4.73. The van der Waals surface area contributed by atoms with Crippen molar-refractivity contribution >= 4 is 21.6 Å². The van der Waals surface area contributed by atoms with Gasteiger partial charge in [-0.05, 0) is 37.5 Å². The molecule has 1 aliphatic heterocycles. The third-order valence-electron chi connectivity index (χ3n) is 4.24. The molecule has 1 aromatic carbocycles. The van der Waals surface area contributed by atoms with Crippen molar-refractivity contribution in [2.45, 2.75) is 39.2 Å². The number of nitrogens with zero attached hydrogens (tertiary/aromatic N) is 1. The number of hydrogen-bond donors (Lipinski definition) is 1. The summed E-state index contributed by atoms with van der Waals surface area (Å²) in [5.74, 6) is 0. The molecular weight excluding hydrogens is 288 g/mol. The highest BCUT2D eigenvalue weighted by Gasteiger charge is 2.32. The van der Waals surface area contributed by atoms with E-state index in [1.165, 1.54) is 28.6 Å². The molecule has 1 aromatic rings. The van der Waals surface area contributed by atoms with E-state index in [0.717, 1.165) is 19.6 Å². The molecule has 0 aromatic heterocycles. The van der Waals surface area contributed by atoms with E-state index in [9.17, 15) is 0 Å². The summed E-state index contributed by atoms with van der Waals surface area (Å²) in [7, 11) is 0. The zero-order valence-corrected chi connectivity index (χ0v) is 13.2. The Labute approximate surface area is 119 Å². The molecule has 1 N–H and O–H groups in total. The second-order valence-corrected chi connectivity index (χ2v) is 6.18. The topological polar surface area (TPSA) is 15.3 Å². The van der Waals surface area contributed by atoms with Crippen LogP contribution < -0.4 is 10.2 Å². The highest BCUT2D eigenvalue weighted by molar-refractivity contribution is 9.10. The molecule has 0 atom stereocenters. The lowest BCUT2D eigenvalue weighted by molar-refractivity contribution is 0.277. The van der Waals surface area contributed by atoms with Crippen molar-refractivity contribution in [3.8, 4) is 0 Å². The Morgan fingerprint density at radius 1 is 1.33 bits per heavy atom. The number of rotatable bonds is 3. The van der Waals surface area contributed by atoms with Crippen LogP contribution in [0, 0.1) is 6.92 Å². The Balaban J connectivity index is 2.25. The fourth-order valence-electron chi connectivity index (χ4n) is 2.81. The second-order valence-electron chi connectivity index (χ2n) is 5.27. The summed E-state index contributed by atoms with van der Waals surface area (Å²) in [5.41, 5.74) is 3.02. The molecule has 100 valence electrons. The molecule has 0 spiro atoms. The summed E-state index contributed by atoms with van der Waals surface area (Å²) in [6.07, 6.45) is 2.38. The average molecular weight is 311 g/mol. The maximum absolute atomic E-state index is 3.71. The van der Waals surface area contributed by atoms with Crippen LogP contribution in [0.4, 0.5) is 5.69 Å². The van der Waals surface area contributed by atoms with E-state index in [1.54, 1.807) is 0 Å². The normalized spacial score (nSPS) is 19.0. The minimum absolute atomic E-state index is 0.285. The van der Waals surface area contributed by atoms with E-state index in [1.807, 2.05) is 0 Å². The number of benzene rings is 1. The van der Waals surface area contributed by atoms with E-state index in [-0.39, 0.29) is 5.54 Å². The summed E-state index contributed by atoms with van der Waals surface area (Å²) in [4.78, 5) is 2.53. The van der Waals surface area contributed by atoms with E-state index >= 15 is 0 Å². The highest BCUT2D eigenvalue weighted by Crippen LogP contribution is 2.29. The van der Waals surface area contributed by atoms with Crippen molar-refractivity contribution in [2.24, 2.45) is 0 Å². The number of anilines is 1. The van der Waals surface area contributed by atoms with Crippen LogP contribution in [0.15, 0.2) is 22.7 Å². The van der Waals surface area contributed by atoms with E-state index < -0.39 is 0 Å². The SMILES string of the molecule is CCC1(CC)CN(c2cc(Br)ccc2C)CCN1. The maximum atomic E-state index is 3.71. The van der Waals surface area contributed by atoms with E-state index in [2.05, 4.69) is 65.1 Å². The molecule has 1 fully saturated rings. The largest absolute Gasteiger partial charge is 0.368 e. The van der Waals surface area contributed by atoms with Gasteiger partial charge in [-0.15, -0.1) is 0 Å². The molecule has 0 radical (unpaired) electrons. The summed E-state index contributed by atoms with van der Waals surface area (Å²) in [6.45, 7) is 10.1. The second kappa shape index (κ2) is 5.62. The van der Waals surface area contributed by atoms with Gasteiger partial charge in [-0.3, -0.25) is 0 Å². The molecule has 1 heterocycles. The van der Waals surface area contributed by atoms with Crippen molar-refractivity contribution in [3.05, 3.63) is 28.2 Å². The maximum Gasteiger partial charge on any atom is 0.0408 e. The summed E-state index contributed by atoms with van der Waals surface area (Å²) >= 11 is 3.58. The molecule has 0 bridgehead atoms. The van der Waals surface area contributed by atoms with E-state index in [0.29, 0.717) is 0 Å². The van der Waals surface area contributed by atoms with Crippen LogP contribution in [0.25, 0.3) is 0 Å². The molecule has 2 rings (SSSR count). The van der Waals surface area contributed by atoms with E-state index in [4.69, 9.17) is 0 Å². The summed E-state index contributed by atoms with van der Waals surface area (Å²) in [6, 6.07) is 6.56. The van der Waals surface area contributed by atoms with Gasteiger partial charge in [0.25, 0.3) is 0 Å². The molecule has 18 heavy (non-hydrogen) atoms. The molecule has 0 unspecified atom stereocenters. The Hall–Kier alpha value is -0.540. The first-order valence-electron chi connectivity index (χ1n) is 6.86. The number of nitrogens with one attached hydrogen (secondary N) is 1. The smallest absolute Gasteiger partial charge is 0.0408 e. The van der Waals surface area contributed by atoms with Crippen molar-refractivity contribution in [3.63, 3.8) is 0 Å². The van der Waals surface area contributed by atoms with Crippen LogP contribution in [-0.2, 0) is 0 Å².